The molecule has 1 fully saturated rings. The monoisotopic (exact) mass is 418 g/mol. The molecular weight excluding hydrogens is 392 g/mol. The van der Waals surface area contributed by atoms with Gasteiger partial charge < -0.3 is 4.90 Å². The summed E-state index contributed by atoms with van der Waals surface area (Å²) >= 11 is 1.74. The molecule has 0 N–H and O–H groups in total. The van der Waals surface area contributed by atoms with Gasteiger partial charge in [0.05, 0.1) is 10.9 Å². The van der Waals surface area contributed by atoms with E-state index < -0.39 is 10.0 Å². The van der Waals surface area contributed by atoms with Gasteiger partial charge in [-0.25, -0.2) is 8.42 Å². The fraction of sp³-hybridized carbons (Fsp3) is 0.476. The maximum absolute atomic E-state index is 13.2. The van der Waals surface area contributed by atoms with Crippen LogP contribution in [0, 0.1) is 6.92 Å². The summed E-state index contributed by atoms with van der Waals surface area (Å²) in [4.78, 5) is 16.7. The van der Waals surface area contributed by atoms with E-state index in [1.54, 1.807) is 40.8 Å². The molecule has 1 aromatic carbocycles. The van der Waals surface area contributed by atoms with Crippen LogP contribution in [0.15, 0.2) is 34.5 Å². The summed E-state index contributed by atoms with van der Waals surface area (Å²) < 4.78 is 27.9. The molecule has 0 unspecified atom stereocenters. The summed E-state index contributed by atoms with van der Waals surface area (Å²) in [5, 5.41) is 2.07. The molecule has 150 valence electrons. The van der Waals surface area contributed by atoms with E-state index in [0.29, 0.717) is 30.8 Å². The minimum absolute atomic E-state index is 0.00551. The van der Waals surface area contributed by atoms with Gasteiger partial charge in [-0.3, -0.25) is 4.79 Å². The zero-order valence-electron chi connectivity index (χ0n) is 16.3. The van der Waals surface area contributed by atoms with Crippen molar-refractivity contribution >= 4 is 27.3 Å². The van der Waals surface area contributed by atoms with Crippen LogP contribution >= 0.6 is 11.3 Å². The number of piperidine rings is 1. The maximum Gasteiger partial charge on any atom is 0.254 e. The number of nitrogens with zero attached hydrogens (tertiary/aromatic N) is 2. The quantitative estimate of drug-likeness (QED) is 0.757. The highest BCUT2D eigenvalue weighted by molar-refractivity contribution is 7.89. The molecule has 1 aromatic heterocycles. The second-order valence-electron chi connectivity index (χ2n) is 7.67. The maximum atomic E-state index is 13.2. The number of carbonyl (C=O) groups excluding carboxylic acids is 1. The van der Waals surface area contributed by atoms with Crippen LogP contribution < -0.4 is 0 Å². The molecule has 0 bridgehead atoms. The highest BCUT2D eigenvalue weighted by Crippen LogP contribution is 2.34. The third kappa shape index (κ3) is 3.40. The average Bonchev–Trinajstić information content (AvgIpc) is 3.18. The van der Waals surface area contributed by atoms with Crippen LogP contribution in [0.2, 0.25) is 0 Å². The first-order chi connectivity index (χ1) is 13.4. The molecule has 0 spiro atoms. The van der Waals surface area contributed by atoms with Crippen molar-refractivity contribution in [1.29, 1.82) is 0 Å². The van der Waals surface area contributed by atoms with Gasteiger partial charge in [-0.2, -0.15) is 4.31 Å². The largest absolute Gasteiger partial charge is 0.331 e. The van der Waals surface area contributed by atoms with Crippen LogP contribution in [0.5, 0.6) is 0 Å². The molecule has 4 rings (SSSR count). The number of sulfonamides is 1. The van der Waals surface area contributed by atoms with Crippen molar-refractivity contribution in [2.45, 2.75) is 50.5 Å². The Morgan fingerprint density at radius 2 is 1.86 bits per heavy atom. The molecule has 3 heterocycles. The van der Waals surface area contributed by atoms with E-state index >= 15 is 0 Å². The lowest BCUT2D eigenvalue weighted by molar-refractivity contribution is 0.0679. The van der Waals surface area contributed by atoms with Gasteiger partial charge in [0, 0.05) is 30.1 Å². The number of hydrogen-bond acceptors (Lipinski definition) is 4. The van der Waals surface area contributed by atoms with E-state index in [0.717, 1.165) is 25.7 Å². The summed E-state index contributed by atoms with van der Waals surface area (Å²) in [7, 11) is -3.57. The molecule has 2 aliphatic heterocycles. The lowest BCUT2D eigenvalue weighted by Crippen LogP contribution is -2.38. The second kappa shape index (κ2) is 7.61. The highest BCUT2D eigenvalue weighted by atomic mass is 32.2. The molecule has 7 heteroatoms. The van der Waals surface area contributed by atoms with Gasteiger partial charge in [-0.05, 0) is 67.8 Å². The molecule has 0 aliphatic carbocycles. The SMILES string of the molecule is Cc1ccc(C(=O)N2CCc3sccc3[C@H]2C)cc1S(=O)(=O)N1CCCCC1. The molecule has 0 saturated carbocycles. The van der Waals surface area contributed by atoms with Gasteiger partial charge in [-0.1, -0.05) is 12.5 Å². The Morgan fingerprint density at radius 3 is 2.61 bits per heavy atom. The third-order valence-corrected chi connectivity index (χ3v) is 8.94. The van der Waals surface area contributed by atoms with Gasteiger partial charge in [-0.15, -0.1) is 11.3 Å². The standard InChI is InChI=1S/C21H26N2O3S2/c1-15-6-7-17(14-20(15)28(25,26)22-10-4-3-5-11-22)21(24)23-12-8-19-18(16(23)2)9-13-27-19/h6-7,9,13-14,16H,3-5,8,10-12H2,1-2H3/t16-/m1/s1. The Bertz CT molecular complexity index is 991. The van der Waals surface area contributed by atoms with Crippen LogP contribution in [0.1, 0.15) is 58.6 Å². The Labute approximate surface area is 171 Å². The number of carbonyl (C=O) groups is 1. The van der Waals surface area contributed by atoms with Gasteiger partial charge >= 0.3 is 0 Å². The van der Waals surface area contributed by atoms with Crippen LogP contribution in [-0.2, 0) is 16.4 Å². The first-order valence-electron chi connectivity index (χ1n) is 9.87. The fourth-order valence-corrected chi connectivity index (χ4v) is 6.94. The Morgan fingerprint density at radius 1 is 1.11 bits per heavy atom. The van der Waals surface area contributed by atoms with Crippen molar-refractivity contribution < 1.29 is 13.2 Å². The first kappa shape index (κ1) is 19.6. The van der Waals surface area contributed by atoms with Crippen LogP contribution in [0.3, 0.4) is 0 Å². The summed E-state index contributed by atoms with van der Waals surface area (Å²) in [6, 6.07) is 7.19. The van der Waals surface area contributed by atoms with E-state index in [4.69, 9.17) is 0 Å². The number of amides is 1. The van der Waals surface area contributed by atoms with Crippen molar-refractivity contribution in [3.63, 3.8) is 0 Å². The number of thiophene rings is 1. The lowest BCUT2D eigenvalue weighted by atomic mass is 10.00. The number of hydrogen-bond donors (Lipinski definition) is 0. The molecule has 0 radical (unpaired) electrons. The molecule has 2 aromatic rings. The summed E-state index contributed by atoms with van der Waals surface area (Å²) in [6.45, 7) is 5.62. The summed E-state index contributed by atoms with van der Waals surface area (Å²) in [6.07, 6.45) is 3.71. The zero-order chi connectivity index (χ0) is 19.9. The molecule has 28 heavy (non-hydrogen) atoms. The molecule has 2 aliphatic rings. The average molecular weight is 419 g/mol. The normalized spacial score (nSPS) is 20.8. The molecule has 5 nitrogen and oxygen atoms in total. The van der Waals surface area contributed by atoms with Crippen molar-refractivity contribution in [3.8, 4) is 0 Å². The number of aryl methyl sites for hydroxylation is 1. The predicted octanol–water partition coefficient (Wildman–Crippen LogP) is 3.99. The van der Waals surface area contributed by atoms with E-state index in [2.05, 4.69) is 11.4 Å². The highest BCUT2D eigenvalue weighted by Gasteiger charge is 2.31. The Kier molecular flexibility index (Phi) is 5.33. The first-order valence-corrected chi connectivity index (χ1v) is 12.2. The molecular formula is C21H26N2O3S2. The van der Waals surface area contributed by atoms with Gasteiger partial charge in [0.1, 0.15) is 0 Å². The second-order valence-corrected chi connectivity index (χ2v) is 10.6. The van der Waals surface area contributed by atoms with E-state index in [1.165, 1.54) is 10.4 Å². The Hall–Kier alpha value is -1.70. The van der Waals surface area contributed by atoms with E-state index in [9.17, 15) is 13.2 Å². The van der Waals surface area contributed by atoms with Gasteiger partial charge in [0.2, 0.25) is 10.0 Å². The zero-order valence-corrected chi connectivity index (χ0v) is 18.0. The lowest BCUT2D eigenvalue weighted by Gasteiger charge is -2.34. The van der Waals surface area contributed by atoms with Gasteiger partial charge in [0.15, 0.2) is 0 Å². The third-order valence-electron chi connectivity index (χ3n) is 5.91. The fourth-order valence-electron chi connectivity index (χ4n) is 4.21. The summed E-state index contributed by atoms with van der Waals surface area (Å²) in [5.41, 5.74) is 2.35. The number of benzene rings is 1. The molecule has 1 atom stereocenters. The van der Waals surface area contributed by atoms with Crippen LogP contribution in [0.25, 0.3) is 0 Å². The van der Waals surface area contributed by atoms with Gasteiger partial charge in [0.25, 0.3) is 5.91 Å². The number of fused-ring (bicyclic) bond motifs is 1. The minimum atomic E-state index is -3.57. The van der Waals surface area contributed by atoms with Crippen molar-refractivity contribution in [1.82, 2.24) is 9.21 Å². The van der Waals surface area contributed by atoms with Crippen molar-refractivity contribution in [3.05, 3.63) is 51.2 Å². The molecule has 1 amide bonds. The molecule has 1 saturated heterocycles. The van der Waals surface area contributed by atoms with Crippen LogP contribution in [0.4, 0.5) is 0 Å². The number of rotatable bonds is 3. The van der Waals surface area contributed by atoms with Crippen molar-refractivity contribution in [2.75, 3.05) is 19.6 Å². The smallest absolute Gasteiger partial charge is 0.254 e. The predicted molar refractivity (Wildman–Crippen MR) is 111 cm³/mol. The van der Waals surface area contributed by atoms with E-state index in [1.807, 2.05) is 11.8 Å². The van der Waals surface area contributed by atoms with Crippen molar-refractivity contribution in [2.24, 2.45) is 0 Å². The Balaban J connectivity index is 1.64. The van der Waals surface area contributed by atoms with Crippen LogP contribution in [-0.4, -0.2) is 43.2 Å². The summed E-state index contributed by atoms with van der Waals surface area (Å²) in [5.74, 6) is -0.0977. The minimum Gasteiger partial charge on any atom is -0.331 e. The topological polar surface area (TPSA) is 57.7 Å². The van der Waals surface area contributed by atoms with E-state index in [-0.39, 0.29) is 16.8 Å².